The molecule has 0 aliphatic carbocycles. The van der Waals surface area contributed by atoms with Crippen LogP contribution in [0.15, 0.2) is 0 Å². The van der Waals surface area contributed by atoms with Gasteiger partial charge in [-0.15, -0.1) is 0 Å². The minimum atomic E-state index is 0.464. The van der Waals surface area contributed by atoms with Crippen molar-refractivity contribution in [1.82, 2.24) is 4.90 Å². The Balaban J connectivity index is 1.74. The lowest BCUT2D eigenvalue weighted by atomic mass is 9.98. The molecule has 2 unspecified atom stereocenters. The van der Waals surface area contributed by atoms with Gasteiger partial charge < -0.3 is 10.5 Å². The zero-order valence-electron chi connectivity index (χ0n) is 9.82. The highest BCUT2D eigenvalue weighted by atomic mass is 16.5. The molecule has 15 heavy (non-hydrogen) atoms. The standard InChI is InChI=1S/C12H24N2O/c1-2-15-7-3-6-14-11-4-5-12(14)9-10(13)8-11/h10-12H,2-9,13H2,1H3. The zero-order chi connectivity index (χ0) is 10.7. The lowest BCUT2D eigenvalue weighted by Gasteiger charge is -2.37. The van der Waals surface area contributed by atoms with Crippen LogP contribution in [0, 0.1) is 0 Å². The number of hydrogen-bond donors (Lipinski definition) is 1. The zero-order valence-corrected chi connectivity index (χ0v) is 9.82. The van der Waals surface area contributed by atoms with Crippen LogP contribution in [0.4, 0.5) is 0 Å². The summed E-state index contributed by atoms with van der Waals surface area (Å²) in [6.45, 7) is 5.03. The molecule has 2 heterocycles. The van der Waals surface area contributed by atoms with Gasteiger partial charge in [0.2, 0.25) is 0 Å². The minimum absolute atomic E-state index is 0.464. The molecule has 2 atom stereocenters. The van der Waals surface area contributed by atoms with E-state index in [0.29, 0.717) is 6.04 Å². The average molecular weight is 212 g/mol. The first-order valence-electron chi connectivity index (χ1n) is 6.40. The smallest absolute Gasteiger partial charge is 0.0478 e. The van der Waals surface area contributed by atoms with Gasteiger partial charge in [-0.25, -0.2) is 0 Å². The summed E-state index contributed by atoms with van der Waals surface area (Å²) in [6, 6.07) is 2.02. The van der Waals surface area contributed by atoms with Gasteiger partial charge in [0.25, 0.3) is 0 Å². The van der Waals surface area contributed by atoms with Crippen LogP contribution in [0.5, 0.6) is 0 Å². The van der Waals surface area contributed by atoms with E-state index in [9.17, 15) is 0 Å². The van der Waals surface area contributed by atoms with Crippen molar-refractivity contribution in [2.75, 3.05) is 19.8 Å². The summed E-state index contributed by atoms with van der Waals surface area (Å²) in [7, 11) is 0. The second-order valence-electron chi connectivity index (χ2n) is 4.90. The molecule has 2 rings (SSSR count). The van der Waals surface area contributed by atoms with Gasteiger partial charge in [0.1, 0.15) is 0 Å². The lowest BCUT2D eigenvalue weighted by Crippen LogP contribution is -2.47. The van der Waals surface area contributed by atoms with Crippen molar-refractivity contribution in [3.8, 4) is 0 Å². The van der Waals surface area contributed by atoms with E-state index in [1.54, 1.807) is 0 Å². The number of ether oxygens (including phenoxy) is 1. The first kappa shape index (κ1) is 11.4. The van der Waals surface area contributed by atoms with Crippen LogP contribution < -0.4 is 5.73 Å². The molecule has 2 saturated heterocycles. The molecule has 2 aliphatic heterocycles. The van der Waals surface area contributed by atoms with Gasteiger partial charge in [0.15, 0.2) is 0 Å². The van der Waals surface area contributed by atoms with E-state index in [-0.39, 0.29) is 0 Å². The molecule has 88 valence electrons. The van der Waals surface area contributed by atoms with Gasteiger partial charge in [-0.2, -0.15) is 0 Å². The first-order chi connectivity index (χ1) is 7.31. The van der Waals surface area contributed by atoms with Gasteiger partial charge in [0.05, 0.1) is 0 Å². The Labute approximate surface area is 93.0 Å². The maximum atomic E-state index is 6.04. The van der Waals surface area contributed by atoms with Crippen molar-refractivity contribution in [2.24, 2.45) is 5.73 Å². The van der Waals surface area contributed by atoms with E-state index < -0.39 is 0 Å². The molecule has 3 nitrogen and oxygen atoms in total. The summed E-state index contributed by atoms with van der Waals surface area (Å²) >= 11 is 0. The van der Waals surface area contributed by atoms with E-state index >= 15 is 0 Å². The first-order valence-corrected chi connectivity index (χ1v) is 6.40. The van der Waals surface area contributed by atoms with Crippen molar-refractivity contribution < 1.29 is 4.74 Å². The fraction of sp³-hybridized carbons (Fsp3) is 1.00. The van der Waals surface area contributed by atoms with E-state index in [4.69, 9.17) is 10.5 Å². The van der Waals surface area contributed by atoms with Crippen molar-refractivity contribution in [3.63, 3.8) is 0 Å². The summed E-state index contributed by atoms with van der Waals surface area (Å²) in [4.78, 5) is 2.68. The molecule has 2 bridgehead atoms. The fourth-order valence-corrected chi connectivity index (χ4v) is 3.17. The highest BCUT2D eigenvalue weighted by Crippen LogP contribution is 2.34. The van der Waals surface area contributed by atoms with Gasteiger partial charge >= 0.3 is 0 Å². The maximum absolute atomic E-state index is 6.04. The molecular weight excluding hydrogens is 188 g/mol. The van der Waals surface area contributed by atoms with E-state index in [1.165, 1.54) is 38.6 Å². The van der Waals surface area contributed by atoms with Crippen molar-refractivity contribution in [3.05, 3.63) is 0 Å². The number of rotatable bonds is 5. The van der Waals surface area contributed by atoms with Crippen LogP contribution in [0.1, 0.15) is 39.0 Å². The third-order valence-electron chi connectivity index (χ3n) is 3.83. The van der Waals surface area contributed by atoms with Gasteiger partial charge in [-0.3, -0.25) is 4.90 Å². The molecule has 0 aromatic rings. The normalized spacial score (nSPS) is 36.0. The average Bonchev–Trinajstić information content (AvgIpc) is 2.46. The highest BCUT2D eigenvalue weighted by molar-refractivity contribution is 4.96. The Morgan fingerprint density at radius 3 is 2.53 bits per heavy atom. The Kier molecular flexibility index (Phi) is 4.00. The summed E-state index contributed by atoms with van der Waals surface area (Å²) in [5, 5.41) is 0. The summed E-state index contributed by atoms with van der Waals surface area (Å²) in [5.41, 5.74) is 6.04. The fourth-order valence-electron chi connectivity index (χ4n) is 3.17. The molecule has 0 aromatic heterocycles. The number of hydrogen-bond acceptors (Lipinski definition) is 3. The molecular formula is C12H24N2O. The lowest BCUT2D eigenvalue weighted by molar-refractivity contribution is 0.0954. The number of nitrogens with zero attached hydrogens (tertiary/aromatic N) is 1. The third kappa shape index (κ3) is 2.71. The Morgan fingerprint density at radius 2 is 1.93 bits per heavy atom. The topological polar surface area (TPSA) is 38.5 Å². The summed E-state index contributed by atoms with van der Waals surface area (Å²) < 4.78 is 5.39. The predicted molar refractivity (Wildman–Crippen MR) is 61.8 cm³/mol. The van der Waals surface area contributed by atoms with Crippen LogP contribution in [0.3, 0.4) is 0 Å². The maximum Gasteiger partial charge on any atom is 0.0478 e. The molecule has 2 N–H and O–H groups in total. The Hall–Kier alpha value is -0.120. The molecule has 2 fully saturated rings. The Morgan fingerprint density at radius 1 is 1.27 bits per heavy atom. The molecule has 0 aromatic carbocycles. The van der Waals surface area contributed by atoms with E-state index in [2.05, 4.69) is 11.8 Å². The van der Waals surface area contributed by atoms with Crippen molar-refractivity contribution in [2.45, 2.75) is 57.2 Å². The molecule has 0 amide bonds. The van der Waals surface area contributed by atoms with Gasteiger partial charge in [-0.05, 0) is 39.0 Å². The minimum Gasteiger partial charge on any atom is -0.382 e. The van der Waals surface area contributed by atoms with Gasteiger partial charge in [0, 0.05) is 37.9 Å². The van der Waals surface area contributed by atoms with Gasteiger partial charge in [-0.1, -0.05) is 0 Å². The summed E-state index contributed by atoms with van der Waals surface area (Å²) in [6.07, 6.45) is 6.34. The Bertz CT molecular complexity index is 184. The van der Waals surface area contributed by atoms with Crippen LogP contribution in [0.25, 0.3) is 0 Å². The second kappa shape index (κ2) is 5.28. The molecule has 0 saturated carbocycles. The van der Waals surface area contributed by atoms with Crippen LogP contribution >= 0.6 is 0 Å². The largest absolute Gasteiger partial charge is 0.382 e. The molecule has 0 spiro atoms. The third-order valence-corrected chi connectivity index (χ3v) is 3.83. The number of piperidine rings is 1. The highest BCUT2D eigenvalue weighted by Gasteiger charge is 2.38. The number of fused-ring (bicyclic) bond motifs is 2. The predicted octanol–water partition coefficient (Wildman–Crippen LogP) is 1.37. The van der Waals surface area contributed by atoms with E-state index in [0.717, 1.165) is 25.3 Å². The SMILES string of the molecule is CCOCCCN1C2CCC1CC(N)C2. The van der Waals surface area contributed by atoms with Crippen molar-refractivity contribution >= 4 is 0 Å². The number of nitrogens with two attached hydrogens (primary N) is 1. The summed E-state index contributed by atoms with van der Waals surface area (Å²) in [5.74, 6) is 0. The van der Waals surface area contributed by atoms with Crippen LogP contribution in [-0.4, -0.2) is 42.8 Å². The van der Waals surface area contributed by atoms with Crippen LogP contribution in [-0.2, 0) is 4.74 Å². The van der Waals surface area contributed by atoms with Crippen molar-refractivity contribution in [1.29, 1.82) is 0 Å². The van der Waals surface area contributed by atoms with Crippen LogP contribution in [0.2, 0.25) is 0 Å². The monoisotopic (exact) mass is 212 g/mol. The molecule has 0 radical (unpaired) electrons. The second-order valence-corrected chi connectivity index (χ2v) is 4.90. The molecule has 3 heteroatoms. The molecule has 2 aliphatic rings. The quantitative estimate of drug-likeness (QED) is 0.699. The van der Waals surface area contributed by atoms with E-state index in [1.807, 2.05) is 0 Å².